The molecule has 1 aromatic carbocycles. The molecule has 0 aliphatic carbocycles. The Balaban J connectivity index is 2.08. The minimum absolute atomic E-state index is 0.0163. The van der Waals surface area contributed by atoms with Gasteiger partial charge in [-0.15, -0.1) is 11.3 Å². The third-order valence-corrected chi connectivity index (χ3v) is 4.16. The highest BCUT2D eigenvalue weighted by atomic mass is 32.1. The molecular weight excluding hydrogens is 355 g/mol. The second-order valence-corrected chi connectivity index (χ2v) is 6.21. The van der Waals surface area contributed by atoms with Gasteiger partial charge in [0.2, 0.25) is 0 Å². The SMILES string of the molecule is CCC(C)NC(=O)c1csc(NC(=O)c2cccc(C(F)(F)F)c2)n1. The number of rotatable bonds is 5. The number of alkyl halides is 3. The first-order valence-corrected chi connectivity index (χ1v) is 8.33. The number of anilines is 1. The maximum absolute atomic E-state index is 12.7. The van der Waals surface area contributed by atoms with Crippen molar-refractivity contribution >= 4 is 28.3 Å². The Morgan fingerprint density at radius 2 is 2.00 bits per heavy atom. The number of halogens is 3. The van der Waals surface area contributed by atoms with Crippen molar-refractivity contribution in [3.05, 3.63) is 46.5 Å². The van der Waals surface area contributed by atoms with E-state index in [1.807, 2.05) is 13.8 Å². The fourth-order valence-electron chi connectivity index (χ4n) is 1.84. The number of nitrogens with zero attached hydrogens (tertiary/aromatic N) is 1. The molecule has 2 N–H and O–H groups in total. The maximum atomic E-state index is 12.7. The van der Waals surface area contributed by atoms with E-state index in [2.05, 4.69) is 15.6 Å². The predicted molar refractivity (Wildman–Crippen MR) is 88.7 cm³/mol. The smallest absolute Gasteiger partial charge is 0.348 e. The van der Waals surface area contributed by atoms with Crippen molar-refractivity contribution in [2.24, 2.45) is 0 Å². The highest BCUT2D eigenvalue weighted by molar-refractivity contribution is 7.14. The Kier molecular flexibility index (Phi) is 5.78. The van der Waals surface area contributed by atoms with Crippen LogP contribution in [0.5, 0.6) is 0 Å². The molecule has 134 valence electrons. The Morgan fingerprint density at radius 3 is 2.64 bits per heavy atom. The molecule has 2 rings (SSSR count). The standard InChI is InChI=1S/C16H16F3N3O2S/c1-3-9(2)20-14(24)12-8-25-15(21-12)22-13(23)10-5-4-6-11(7-10)16(17,18)19/h4-9H,3H2,1-2H3,(H,20,24)(H,21,22,23). The molecule has 2 amide bonds. The van der Waals surface area contributed by atoms with Crippen molar-refractivity contribution in [1.29, 1.82) is 0 Å². The Labute approximate surface area is 146 Å². The number of hydrogen-bond donors (Lipinski definition) is 2. The van der Waals surface area contributed by atoms with Gasteiger partial charge in [0, 0.05) is 17.0 Å². The summed E-state index contributed by atoms with van der Waals surface area (Å²) in [6.07, 6.45) is -3.77. The van der Waals surface area contributed by atoms with Crippen LogP contribution in [0.3, 0.4) is 0 Å². The quantitative estimate of drug-likeness (QED) is 0.836. The molecule has 25 heavy (non-hydrogen) atoms. The lowest BCUT2D eigenvalue weighted by Crippen LogP contribution is -2.32. The number of amides is 2. The molecule has 9 heteroatoms. The van der Waals surface area contributed by atoms with Crippen molar-refractivity contribution < 1.29 is 22.8 Å². The van der Waals surface area contributed by atoms with Gasteiger partial charge in [0.05, 0.1) is 5.56 Å². The normalized spacial score (nSPS) is 12.5. The van der Waals surface area contributed by atoms with Crippen LogP contribution < -0.4 is 10.6 Å². The van der Waals surface area contributed by atoms with Gasteiger partial charge in [-0.05, 0) is 31.5 Å². The fourth-order valence-corrected chi connectivity index (χ4v) is 2.53. The minimum atomic E-state index is -4.53. The number of benzene rings is 1. The molecule has 0 saturated carbocycles. The molecule has 0 saturated heterocycles. The Hall–Kier alpha value is -2.42. The number of thiazole rings is 1. The van der Waals surface area contributed by atoms with Gasteiger partial charge >= 0.3 is 6.18 Å². The van der Waals surface area contributed by atoms with Gasteiger partial charge in [-0.1, -0.05) is 13.0 Å². The molecule has 0 fully saturated rings. The van der Waals surface area contributed by atoms with Crippen molar-refractivity contribution in [3.8, 4) is 0 Å². The molecule has 5 nitrogen and oxygen atoms in total. The van der Waals surface area contributed by atoms with Crippen molar-refractivity contribution in [1.82, 2.24) is 10.3 Å². The lowest BCUT2D eigenvalue weighted by molar-refractivity contribution is -0.137. The molecule has 0 aliphatic rings. The summed E-state index contributed by atoms with van der Waals surface area (Å²) in [6, 6.07) is 4.06. The predicted octanol–water partition coefficient (Wildman–Crippen LogP) is 3.94. The van der Waals surface area contributed by atoms with Crippen molar-refractivity contribution in [2.75, 3.05) is 5.32 Å². The van der Waals surface area contributed by atoms with Crippen LogP contribution in [0.2, 0.25) is 0 Å². The second-order valence-electron chi connectivity index (χ2n) is 5.35. The third-order valence-electron chi connectivity index (χ3n) is 3.40. The second kappa shape index (κ2) is 7.64. The molecule has 0 bridgehead atoms. The molecule has 2 aromatic rings. The maximum Gasteiger partial charge on any atom is 0.416 e. The Morgan fingerprint density at radius 1 is 1.28 bits per heavy atom. The molecule has 0 radical (unpaired) electrons. The Bertz CT molecular complexity index is 774. The number of hydrogen-bond acceptors (Lipinski definition) is 4. The summed E-state index contributed by atoms with van der Waals surface area (Å²) in [5.74, 6) is -1.10. The first kappa shape index (κ1) is 18.9. The van der Waals surface area contributed by atoms with E-state index in [-0.39, 0.29) is 28.3 Å². The van der Waals surface area contributed by atoms with Crippen molar-refractivity contribution in [3.63, 3.8) is 0 Å². The summed E-state index contributed by atoms with van der Waals surface area (Å²) < 4.78 is 38.1. The van der Waals surface area contributed by atoms with Gasteiger partial charge in [0.25, 0.3) is 11.8 Å². The van der Waals surface area contributed by atoms with E-state index in [1.165, 1.54) is 11.4 Å². The highest BCUT2D eigenvalue weighted by Gasteiger charge is 2.31. The third kappa shape index (κ3) is 5.02. The van der Waals surface area contributed by atoms with Gasteiger partial charge in [-0.2, -0.15) is 13.2 Å². The van der Waals surface area contributed by atoms with Gasteiger partial charge in [0.1, 0.15) is 5.69 Å². The monoisotopic (exact) mass is 371 g/mol. The van der Waals surface area contributed by atoms with Gasteiger partial charge in [0.15, 0.2) is 5.13 Å². The molecule has 1 atom stereocenters. The first-order valence-electron chi connectivity index (χ1n) is 7.45. The van der Waals surface area contributed by atoms with Crippen LogP contribution >= 0.6 is 11.3 Å². The van der Waals surface area contributed by atoms with E-state index < -0.39 is 17.6 Å². The molecular formula is C16H16F3N3O2S. The van der Waals surface area contributed by atoms with Gasteiger partial charge in [-0.3, -0.25) is 14.9 Å². The zero-order chi connectivity index (χ0) is 18.6. The van der Waals surface area contributed by atoms with Crippen LogP contribution in [0.4, 0.5) is 18.3 Å². The molecule has 0 aliphatic heterocycles. The van der Waals surface area contributed by atoms with Crippen LogP contribution in [-0.2, 0) is 6.18 Å². The number of carbonyl (C=O) groups excluding carboxylic acids is 2. The lowest BCUT2D eigenvalue weighted by Gasteiger charge is -2.09. The zero-order valence-electron chi connectivity index (χ0n) is 13.5. The summed E-state index contributed by atoms with van der Waals surface area (Å²) in [6.45, 7) is 3.77. The van der Waals surface area contributed by atoms with E-state index in [4.69, 9.17) is 0 Å². The van der Waals surface area contributed by atoms with E-state index in [0.29, 0.717) is 0 Å². The summed E-state index contributed by atoms with van der Waals surface area (Å²) in [7, 11) is 0. The topological polar surface area (TPSA) is 71.1 Å². The van der Waals surface area contributed by atoms with Crippen LogP contribution in [0.25, 0.3) is 0 Å². The molecule has 1 aromatic heterocycles. The lowest BCUT2D eigenvalue weighted by atomic mass is 10.1. The van der Waals surface area contributed by atoms with Crippen LogP contribution in [0.15, 0.2) is 29.6 Å². The number of carbonyl (C=O) groups is 2. The van der Waals surface area contributed by atoms with E-state index in [9.17, 15) is 22.8 Å². The summed E-state index contributed by atoms with van der Waals surface area (Å²) in [4.78, 5) is 28.0. The molecule has 0 spiro atoms. The highest BCUT2D eigenvalue weighted by Crippen LogP contribution is 2.29. The average Bonchev–Trinajstić information content (AvgIpc) is 3.02. The fraction of sp³-hybridized carbons (Fsp3) is 0.312. The van der Waals surface area contributed by atoms with Gasteiger partial charge in [-0.25, -0.2) is 4.98 Å². The zero-order valence-corrected chi connectivity index (χ0v) is 14.3. The minimum Gasteiger partial charge on any atom is -0.348 e. The van der Waals surface area contributed by atoms with Crippen molar-refractivity contribution in [2.45, 2.75) is 32.5 Å². The summed E-state index contributed by atoms with van der Waals surface area (Å²) in [5.41, 5.74) is -0.909. The van der Waals surface area contributed by atoms with Crippen LogP contribution in [-0.4, -0.2) is 22.8 Å². The van der Waals surface area contributed by atoms with E-state index >= 15 is 0 Å². The number of aromatic nitrogens is 1. The van der Waals surface area contributed by atoms with E-state index in [0.717, 1.165) is 36.0 Å². The van der Waals surface area contributed by atoms with Crippen LogP contribution in [0.1, 0.15) is 46.7 Å². The summed E-state index contributed by atoms with van der Waals surface area (Å²) in [5, 5.41) is 6.74. The average molecular weight is 371 g/mol. The largest absolute Gasteiger partial charge is 0.416 e. The number of nitrogens with one attached hydrogen (secondary N) is 2. The van der Waals surface area contributed by atoms with Gasteiger partial charge < -0.3 is 5.32 Å². The van der Waals surface area contributed by atoms with Crippen LogP contribution in [0, 0.1) is 0 Å². The molecule has 1 heterocycles. The van der Waals surface area contributed by atoms with E-state index in [1.54, 1.807) is 0 Å². The first-order chi connectivity index (χ1) is 11.7. The summed E-state index contributed by atoms with van der Waals surface area (Å²) >= 11 is 1.02. The molecule has 1 unspecified atom stereocenters.